The fourth-order valence-electron chi connectivity index (χ4n) is 2.73. The Morgan fingerprint density at radius 2 is 0.889 bits per heavy atom. The van der Waals surface area contributed by atoms with E-state index in [1.807, 2.05) is 14.1 Å². The molecule has 0 amide bonds. The SMILES string of the molecule is CNC1CCC(O)CC1.CNC1CCC(O)CC1. The third-order valence-corrected chi connectivity index (χ3v) is 4.21. The van der Waals surface area contributed by atoms with E-state index in [9.17, 15) is 0 Å². The predicted molar refractivity (Wildman–Crippen MR) is 74.6 cm³/mol. The van der Waals surface area contributed by atoms with Crippen molar-refractivity contribution in [3.63, 3.8) is 0 Å². The predicted octanol–water partition coefficient (Wildman–Crippen LogP) is 1.02. The lowest BCUT2D eigenvalue weighted by molar-refractivity contribution is 0.118. The Morgan fingerprint density at radius 1 is 0.611 bits per heavy atom. The normalized spacial score (nSPS) is 36.7. The lowest BCUT2D eigenvalue weighted by atomic mass is 9.93. The summed E-state index contributed by atoms with van der Waals surface area (Å²) in [6, 6.07) is 1.32. The lowest BCUT2D eigenvalue weighted by Crippen LogP contribution is -2.31. The fourth-order valence-corrected chi connectivity index (χ4v) is 2.73. The highest BCUT2D eigenvalue weighted by molar-refractivity contribution is 4.75. The van der Waals surface area contributed by atoms with Crippen molar-refractivity contribution in [3.8, 4) is 0 Å². The van der Waals surface area contributed by atoms with Crippen LogP contribution in [0.1, 0.15) is 51.4 Å². The van der Waals surface area contributed by atoms with E-state index in [1.165, 1.54) is 0 Å². The number of nitrogens with one attached hydrogen (secondary N) is 2. The van der Waals surface area contributed by atoms with Crippen LogP contribution in [0.3, 0.4) is 0 Å². The molecule has 0 spiro atoms. The highest BCUT2D eigenvalue weighted by Crippen LogP contribution is 2.18. The van der Waals surface area contributed by atoms with E-state index in [4.69, 9.17) is 10.2 Å². The molecule has 0 aromatic heterocycles. The second kappa shape index (κ2) is 8.86. The Kier molecular flexibility index (Phi) is 7.82. The molecule has 0 aromatic rings. The smallest absolute Gasteiger partial charge is 0.0541 e. The number of hydrogen-bond acceptors (Lipinski definition) is 4. The number of hydrogen-bond donors (Lipinski definition) is 4. The van der Waals surface area contributed by atoms with Gasteiger partial charge in [0.25, 0.3) is 0 Å². The summed E-state index contributed by atoms with van der Waals surface area (Å²) in [5.74, 6) is 0. The molecule has 4 heteroatoms. The molecule has 0 radical (unpaired) electrons. The lowest BCUT2D eigenvalue weighted by Gasteiger charge is -2.24. The zero-order chi connectivity index (χ0) is 13.4. The van der Waals surface area contributed by atoms with Crippen molar-refractivity contribution in [2.45, 2.75) is 75.7 Å². The Morgan fingerprint density at radius 3 is 1.11 bits per heavy atom. The highest BCUT2D eigenvalue weighted by atomic mass is 16.3. The molecule has 108 valence electrons. The van der Waals surface area contributed by atoms with Crippen LogP contribution in [0, 0.1) is 0 Å². The van der Waals surface area contributed by atoms with Crippen LogP contribution in [0.2, 0.25) is 0 Å². The molecule has 2 aliphatic carbocycles. The first kappa shape index (κ1) is 15.9. The molecule has 2 aliphatic rings. The summed E-state index contributed by atoms with van der Waals surface area (Å²) in [5, 5.41) is 24.6. The maximum atomic E-state index is 9.09. The summed E-state index contributed by atoms with van der Waals surface area (Å²) >= 11 is 0. The van der Waals surface area contributed by atoms with Crippen molar-refractivity contribution >= 4 is 0 Å². The van der Waals surface area contributed by atoms with Crippen molar-refractivity contribution in [1.82, 2.24) is 10.6 Å². The Bertz CT molecular complexity index is 176. The van der Waals surface area contributed by atoms with E-state index in [-0.39, 0.29) is 12.2 Å². The van der Waals surface area contributed by atoms with Crippen molar-refractivity contribution < 1.29 is 10.2 Å². The zero-order valence-corrected chi connectivity index (χ0v) is 11.9. The van der Waals surface area contributed by atoms with E-state index >= 15 is 0 Å². The topological polar surface area (TPSA) is 64.5 Å². The summed E-state index contributed by atoms with van der Waals surface area (Å²) in [4.78, 5) is 0. The largest absolute Gasteiger partial charge is 0.393 e. The molecule has 0 unspecified atom stereocenters. The summed E-state index contributed by atoms with van der Waals surface area (Å²) in [7, 11) is 3.98. The van der Waals surface area contributed by atoms with E-state index in [1.54, 1.807) is 0 Å². The minimum Gasteiger partial charge on any atom is -0.393 e. The first-order valence-electron chi connectivity index (χ1n) is 7.36. The molecule has 2 saturated carbocycles. The van der Waals surface area contributed by atoms with E-state index < -0.39 is 0 Å². The Balaban J connectivity index is 0.000000180. The number of aliphatic hydroxyl groups is 2. The first-order chi connectivity index (χ1) is 8.65. The average Bonchev–Trinajstić information content (AvgIpc) is 2.41. The standard InChI is InChI=1S/2C7H15NO/c2*1-8-6-2-4-7(9)5-3-6/h2*6-9H,2-5H2,1H3. The van der Waals surface area contributed by atoms with Crippen molar-refractivity contribution in [2.24, 2.45) is 0 Å². The molecule has 4 nitrogen and oxygen atoms in total. The molecule has 4 N–H and O–H groups in total. The molecule has 0 atom stereocenters. The average molecular weight is 258 g/mol. The highest BCUT2D eigenvalue weighted by Gasteiger charge is 2.17. The Labute approximate surface area is 111 Å². The molecular formula is C14H30N2O2. The van der Waals surface area contributed by atoms with E-state index in [0.29, 0.717) is 12.1 Å². The van der Waals surface area contributed by atoms with Crippen LogP contribution in [-0.2, 0) is 0 Å². The molecule has 18 heavy (non-hydrogen) atoms. The summed E-state index contributed by atoms with van der Waals surface area (Å²) in [6.45, 7) is 0. The third kappa shape index (κ3) is 6.14. The van der Waals surface area contributed by atoms with Gasteiger partial charge in [0.2, 0.25) is 0 Å². The summed E-state index contributed by atoms with van der Waals surface area (Å²) in [6.07, 6.45) is 8.42. The maximum absolute atomic E-state index is 9.09. The van der Waals surface area contributed by atoms with Crippen LogP contribution in [0.4, 0.5) is 0 Å². The van der Waals surface area contributed by atoms with Crippen LogP contribution in [0.5, 0.6) is 0 Å². The van der Waals surface area contributed by atoms with Crippen molar-refractivity contribution in [1.29, 1.82) is 0 Å². The van der Waals surface area contributed by atoms with Gasteiger partial charge in [-0.05, 0) is 65.5 Å². The zero-order valence-electron chi connectivity index (χ0n) is 11.9. The van der Waals surface area contributed by atoms with Crippen LogP contribution < -0.4 is 10.6 Å². The van der Waals surface area contributed by atoms with E-state index in [0.717, 1.165) is 51.4 Å². The molecule has 0 aromatic carbocycles. The molecular weight excluding hydrogens is 228 g/mol. The van der Waals surface area contributed by atoms with Crippen molar-refractivity contribution in [2.75, 3.05) is 14.1 Å². The fraction of sp³-hybridized carbons (Fsp3) is 1.00. The van der Waals surface area contributed by atoms with Gasteiger partial charge in [-0.25, -0.2) is 0 Å². The first-order valence-corrected chi connectivity index (χ1v) is 7.36. The van der Waals surface area contributed by atoms with Gasteiger partial charge in [-0.15, -0.1) is 0 Å². The second-order valence-corrected chi connectivity index (χ2v) is 5.59. The van der Waals surface area contributed by atoms with Crippen molar-refractivity contribution in [3.05, 3.63) is 0 Å². The van der Waals surface area contributed by atoms with Gasteiger partial charge in [0.05, 0.1) is 12.2 Å². The minimum atomic E-state index is -0.0189. The van der Waals surface area contributed by atoms with Gasteiger partial charge in [-0.1, -0.05) is 0 Å². The van der Waals surface area contributed by atoms with Gasteiger partial charge in [-0.2, -0.15) is 0 Å². The molecule has 0 saturated heterocycles. The van der Waals surface area contributed by atoms with Gasteiger partial charge in [0.15, 0.2) is 0 Å². The number of aliphatic hydroxyl groups excluding tert-OH is 2. The summed E-state index contributed by atoms with van der Waals surface area (Å²) in [5.41, 5.74) is 0. The number of rotatable bonds is 2. The van der Waals surface area contributed by atoms with E-state index in [2.05, 4.69) is 10.6 Å². The molecule has 0 heterocycles. The second-order valence-electron chi connectivity index (χ2n) is 5.59. The summed E-state index contributed by atoms with van der Waals surface area (Å²) < 4.78 is 0. The van der Waals surface area contributed by atoms with Gasteiger partial charge >= 0.3 is 0 Å². The van der Waals surface area contributed by atoms with Crippen LogP contribution in [0.15, 0.2) is 0 Å². The maximum Gasteiger partial charge on any atom is 0.0541 e. The quantitative estimate of drug-likeness (QED) is 0.597. The van der Waals surface area contributed by atoms with Crippen LogP contribution >= 0.6 is 0 Å². The molecule has 2 rings (SSSR count). The minimum absolute atomic E-state index is 0.0189. The van der Waals surface area contributed by atoms with Crippen LogP contribution in [0.25, 0.3) is 0 Å². The van der Waals surface area contributed by atoms with Gasteiger partial charge in [-0.3, -0.25) is 0 Å². The molecule has 0 bridgehead atoms. The monoisotopic (exact) mass is 258 g/mol. The van der Waals surface area contributed by atoms with Gasteiger partial charge in [0, 0.05) is 12.1 Å². The van der Waals surface area contributed by atoms with Gasteiger partial charge in [0.1, 0.15) is 0 Å². The molecule has 0 aliphatic heterocycles. The molecule has 2 fully saturated rings. The van der Waals surface area contributed by atoms with Crippen LogP contribution in [-0.4, -0.2) is 48.6 Å². The third-order valence-electron chi connectivity index (χ3n) is 4.21. The Hall–Kier alpha value is -0.160. The van der Waals surface area contributed by atoms with Gasteiger partial charge < -0.3 is 20.8 Å².